The first-order chi connectivity index (χ1) is 62.3. The summed E-state index contributed by atoms with van der Waals surface area (Å²) in [6.45, 7) is 14.2. The number of aliphatic imine (C=N–C) groups is 4. The Morgan fingerprint density at radius 3 is 0.850 bits per heavy atom. The first kappa shape index (κ1) is 104. The second kappa shape index (κ2) is 50.3. The maximum absolute atomic E-state index is 6.20. The van der Waals surface area contributed by atoms with Gasteiger partial charge in [-0.3, -0.25) is 0 Å². The number of methoxy groups -OCH3 is 1. The highest BCUT2D eigenvalue weighted by molar-refractivity contribution is 7.13. The predicted molar refractivity (Wildman–Crippen MR) is 568 cm³/mol. The Hall–Kier alpha value is -12.6. The molecule has 0 amide bonds. The Bertz CT molecular complexity index is 6360. The zero-order valence-corrected chi connectivity index (χ0v) is 79.6. The van der Waals surface area contributed by atoms with Crippen LogP contribution in [0.2, 0.25) is 0 Å². The van der Waals surface area contributed by atoms with Gasteiger partial charge in [-0.1, -0.05) is 109 Å². The van der Waals surface area contributed by atoms with Gasteiger partial charge >= 0.3 is 0 Å². The van der Waals surface area contributed by atoms with E-state index in [1.807, 2.05) is 169 Å². The molecule has 0 spiro atoms. The first-order valence-corrected chi connectivity index (χ1v) is 46.8. The van der Waals surface area contributed by atoms with Crippen LogP contribution in [0.3, 0.4) is 0 Å². The number of thiophene rings is 4. The molecule has 8 aromatic heterocycles. The van der Waals surface area contributed by atoms with Gasteiger partial charge in [0.2, 0.25) is 0 Å². The monoisotopic (exact) mass is 1870 g/mol. The van der Waals surface area contributed by atoms with Gasteiger partial charge in [-0.2, -0.15) is 0 Å². The minimum Gasteiger partial charge on any atom is -0.497 e. The number of rotatable bonds is 35. The van der Waals surface area contributed by atoms with E-state index < -0.39 is 0 Å². The molecule has 0 radical (unpaired) electrons. The molecule has 16 rings (SSSR count). The molecule has 0 bridgehead atoms. The average Bonchev–Trinajstić information content (AvgIpc) is 1.66. The van der Waals surface area contributed by atoms with Gasteiger partial charge in [-0.25, -0.2) is 39.9 Å². The van der Waals surface area contributed by atoms with Crippen LogP contribution in [0.4, 0.5) is 28.4 Å². The normalized spacial score (nSPS) is 11.8. The van der Waals surface area contributed by atoms with Crippen LogP contribution in [0.1, 0.15) is 122 Å². The third-order valence-electron chi connectivity index (χ3n) is 21.2. The number of hydrogen-bond donors (Lipinski definition) is 4. The smallest absolute Gasteiger partial charge is 0.141 e. The lowest BCUT2D eigenvalue weighted by molar-refractivity contribution is 0.242. The molecule has 0 fully saturated rings. The van der Waals surface area contributed by atoms with Crippen LogP contribution in [0.25, 0.3) is 44.1 Å². The van der Waals surface area contributed by atoms with Crippen molar-refractivity contribution in [2.45, 2.75) is 115 Å². The number of nitrogens with two attached hydrogens (primary N) is 4. The topological polar surface area (TPSA) is 269 Å². The van der Waals surface area contributed by atoms with Crippen LogP contribution in [-0.4, -0.2) is 198 Å². The standard InChI is InChI=1S/2C26H31N5OS.C25H30N6S.C24H27N5OS.4CH4/c1-18(2)32-21-10-7-19(8-11-21)16-25-29-22-17-20(28-26(27)24-6-5-15-33-24)9-12-23(22)31(25)14-13-30(3)4;1-4-15-32-21-10-7-19(8-11-21)17-25-29-22-18-20(28-26(27)24-6-5-16-33-24)9-12-23(22)31(25)14-13-30(2)3;1-29(2)13-14-31-22-12-9-19(27-25(26)23-6-5-15-32-23)17-21(22)28-24(31)16-18-7-10-20(11-8-18)30(3)4;1-28(2)12-13-29-21-11-8-18(26-24(25)22-5-4-14-31-22)16-20(21)27-23(29)15-17-6-9-19(30-3)10-7-17;;;;/h5-12,15,17-18H,13-14,16H2,1-4H3,(H2,27,28);5-12,16,18H,4,13-15,17H2,1-3H3,(H2,27,28);5-12,15,17H,13-14,16H2,1-4H3,(H2,26,27);4-11,14,16H,12-13,15H2,1-3H3,(H2,25,26);4*1H4. The Balaban J connectivity index is 0.000000197. The maximum atomic E-state index is 6.20. The minimum atomic E-state index is 0. The van der Waals surface area contributed by atoms with Crippen molar-refractivity contribution in [3.8, 4) is 17.2 Å². The van der Waals surface area contributed by atoms with Crippen molar-refractivity contribution in [3.05, 3.63) is 305 Å². The van der Waals surface area contributed by atoms with Gasteiger partial charge in [-0.15, -0.1) is 45.3 Å². The lowest BCUT2D eigenvalue weighted by atomic mass is 10.1. The Morgan fingerprint density at radius 2 is 0.617 bits per heavy atom. The molecule has 0 saturated carbocycles. The van der Waals surface area contributed by atoms with Gasteiger partial charge in [0.25, 0.3) is 0 Å². The molecule has 0 aliphatic heterocycles. The molecule has 8 N–H and O–H groups in total. The number of benzene rings is 8. The van der Waals surface area contributed by atoms with Crippen LogP contribution in [0.15, 0.2) is 260 Å². The molecule has 702 valence electrons. The molecule has 0 saturated heterocycles. The summed E-state index contributed by atoms with van der Waals surface area (Å²) < 4.78 is 26.0. The van der Waals surface area contributed by atoms with E-state index in [-0.39, 0.29) is 35.8 Å². The summed E-state index contributed by atoms with van der Waals surface area (Å²) in [6.07, 6.45) is 4.21. The summed E-state index contributed by atoms with van der Waals surface area (Å²) in [6, 6.07) is 73.8. The lowest BCUT2D eigenvalue weighted by Gasteiger charge is -2.14. The molecule has 16 aromatic rings. The van der Waals surface area contributed by atoms with Crippen molar-refractivity contribution in [2.24, 2.45) is 42.9 Å². The van der Waals surface area contributed by atoms with Crippen molar-refractivity contribution in [1.29, 1.82) is 0 Å². The molecule has 8 aromatic carbocycles. The number of aromatic nitrogens is 8. The van der Waals surface area contributed by atoms with Gasteiger partial charge < -0.3 is 79.9 Å². The van der Waals surface area contributed by atoms with Crippen LogP contribution in [0, 0.1) is 0 Å². The average molecular weight is 1870 g/mol. The quantitative estimate of drug-likeness (QED) is 0.0212. The summed E-state index contributed by atoms with van der Waals surface area (Å²) in [7, 11) is 22.5. The molecule has 0 aliphatic carbocycles. The van der Waals surface area contributed by atoms with E-state index in [1.165, 1.54) is 27.9 Å². The van der Waals surface area contributed by atoms with E-state index in [4.69, 9.17) is 57.1 Å². The second-order valence-corrected chi connectivity index (χ2v) is 36.7. The van der Waals surface area contributed by atoms with Crippen molar-refractivity contribution < 1.29 is 14.2 Å². The van der Waals surface area contributed by atoms with Crippen molar-refractivity contribution >= 4 is 141 Å². The highest BCUT2D eigenvalue weighted by Crippen LogP contribution is 2.32. The Labute approximate surface area is 803 Å². The zero-order valence-electron chi connectivity index (χ0n) is 76.3. The number of anilines is 1. The van der Waals surface area contributed by atoms with Crippen molar-refractivity contribution in [1.82, 2.24) is 57.8 Å². The summed E-state index contributed by atoms with van der Waals surface area (Å²) in [5, 5.41) is 8.01. The van der Waals surface area contributed by atoms with Crippen LogP contribution < -0.4 is 42.0 Å². The predicted octanol–water partition coefficient (Wildman–Crippen LogP) is 21.3. The van der Waals surface area contributed by atoms with Crippen LogP contribution in [-0.2, 0) is 51.9 Å². The fourth-order valence-corrected chi connectivity index (χ4v) is 16.9. The van der Waals surface area contributed by atoms with Crippen LogP contribution >= 0.6 is 45.3 Å². The fraction of sp³-hybridized carbons (Fsp3) is 0.314. The molecule has 0 unspecified atom stereocenters. The van der Waals surface area contributed by atoms with E-state index in [2.05, 4.69) is 225 Å². The molecule has 24 nitrogen and oxygen atoms in total. The van der Waals surface area contributed by atoms with E-state index >= 15 is 0 Å². The van der Waals surface area contributed by atoms with Crippen molar-refractivity contribution in [2.75, 3.05) is 115 Å². The second-order valence-electron chi connectivity index (χ2n) is 32.9. The van der Waals surface area contributed by atoms with E-state index in [0.717, 1.165) is 218 Å². The molecular formula is C105H135N21O3S4. The summed E-state index contributed by atoms with van der Waals surface area (Å²) in [5.74, 6) is 8.96. The van der Waals surface area contributed by atoms with Gasteiger partial charge in [0.1, 0.15) is 63.9 Å². The van der Waals surface area contributed by atoms with Gasteiger partial charge in [-0.05, 0) is 266 Å². The minimum absolute atomic E-state index is 0. The SMILES string of the molecule is C.C.C.C.CC(C)Oc1ccc(Cc2nc3cc(N=C(N)c4cccs4)ccc3n2CCN(C)C)cc1.CCCOc1ccc(Cc2nc3cc(N=C(N)c4cccs4)ccc3n2CCN(C)C)cc1.CN(C)CCn1c(Cc2ccc(N(C)C)cc2)nc2cc(N=C(N)c3cccs3)ccc21.COc1ccc(Cc2nc3cc(N=C(N)c4cccs4)ccc3n2CCN(C)C)cc1. The Morgan fingerprint density at radius 1 is 0.353 bits per heavy atom. The fourth-order valence-electron chi connectivity index (χ4n) is 14.4. The number of fused-ring (bicyclic) bond motifs is 4. The summed E-state index contributed by atoms with van der Waals surface area (Å²) >= 11 is 6.35. The van der Waals surface area contributed by atoms with Crippen molar-refractivity contribution in [3.63, 3.8) is 0 Å². The molecule has 8 heterocycles. The Kier molecular flexibility index (Phi) is 39.3. The van der Waals surface area contributed by atoms with Crippen LogP contribution in [0.5, 0.6) is 17.2 Å². The molecule has 28 heteroatoms. The molecule has 0 atom stereocenters. The zero-order chi connectivity index (χ0) is 91.0. The van der Waals surface area contributed by atoms with E-state index in [1.54, 1.807) is 52.5 Å². The third-order valence-corrected chi connectivity index (χ3v) is 24.7. The summed E-state index contributed by atoms with van der Waals surface area (Å²) in [4.78, 5) is 53.2. The molecule has 133 heavy (non-hydrogen) atoms. The number of nitrogens with zero attached hydrogens (tertiary/aromatic N) is 17. The van der Waals surface area contributed by atoms with E-state index in [9.17, 15) is 0 Å². The van der Waals surface area contributed by atoms with E-state index in [0.29, 0.717) is 23.3 Å². The number of ether oxygens (including phenoxy) is 3. The first-order valence-electron chi connectivity index (χ1n) is 43.3. The maximum Gasteiger partial charge on any atom is 0.141 e. The largest absolute Gasteiger partial charge is 0.497 e. The van der Waals surface area contributed by atoms with Gasteiger partial charge in [0.05, 0.1) is 106 Å². The third kappa shape index (κ3) is 29.2. The number of amidine groups is 4. The number of imidazole rings is 4. The summed E-state index contributed by atoms with van der Waals surface area (Å²) in [5.41, 5.74) is 42.3. The highest BCUT2D eigenvalue weighted by Gasteiger charge is 2.20. The number of likely N-dealkylation sites (N-methyl/N-ethyl adjacent to an activating group) is 4. The van der Waals surface area contributed by atoms with Gasteiger partial charge in [0, 0.05) is 97.8 Å². The highest BCUT2D eigenvalue weighted by atomic mass is 32.1. The molecular weight excluding hydrogens is 1730 g/mol. The molecule has 0 aliphatic rings. The van der Waals surface area contributed by atoms with Gasteiger partial charge in [0.15, 0.2) is 0 Å². The number of hydrogen-bond acceptors (Lipinski definition) is 20. The lowest BCUT2D eigenvalue weighted by Crippen LogP contribution is -2.19.